The molecule has 1 atom stereocenters. The molecule has 0 amide bonds. The van der Waals surface area contributed by atoms with Gasteiger partial charge < -0.3 is 10.1 Å². The van der Waals surface area contributed by atoms with Crippen LogP contribution in [-0.2, 0) is 11.3 Å². The van der Waals surface area contributed by atoms with E-state index in [0.717, 1.165) is 44.0 Å². The summed E-state index contributed by atoms with van der Waals surface area (Å²) in [6, 6.07) is 0.184. The Labute approximate surface area is 112 Å². The predicted molar refractivity (Wildman–Crippen MR) is 68.7 cm³/mol. The monoisotopic (exact) mass is 264 g/mol. The summed E-state index contributed by atoms with van der Waals surface area (Å²) < 4.78 is 6.70. The standard InChI is InChI=1S/C13H20N4O2/c1-19-13(18)11-12(10-3-2-7-14-10)17(16-15-11)8-6-9-4-5-9/h9-10,14H,2-8H2,1H3. The van der Waals surface area contributed by atoms with Gasteiger partial charge >= 0.3 is 5.97 Å². The minimum atomic E-state index is -0.388. The molecule has 1 aromatic heterocycles. The fraction of sp³-hybridized carbons (Fsp3) is 0.769. The highest BCUT2D eigenvalue weighted by molar-refractivity contribution is 5.88. The second kappa shape index (κ2) is 5.28. The first kappa shape index (κ1) is 12.6. The molecule has 0 bridgehead atoms. The molecule has 0 spiro atoms. The van der Waals surface area contributed by atoms with Crippen LogP contribution < -0.4 is 5.32 Å². The summed E-state index contributed by atoms with van der Waals surface area (Å²) in [6.07, 6.45) is 5.94. The average Bonchev–Trinajstić information content (AvgIpc) is 2.93. The van der Waals surface area contributed by atoms with Crippen LogP contribution in [0, 0.1) is 5.92 Å². The maximum Gasteiger partial charge on any atom is 0.360 e. The summed E-state index contributed by atoms with van der Waals surface area (Å²) in [7, 11) is 1.39. The van der Waals surface area contributed by atoms with Crippen molar-refractivity contribution in [1.29, 1.82) is 0 Å². The fourth-order valence-electron chi connectivity index (χ4n) is 2.70. The van der Waals surface area contributed by atoms with Crippen molar-refractivity contribution >= 4 is 5.97 Å². The second-order valence-electron chi connectivity index (χ2n) is 5.42. The van der Waals surface area contributed by atoms with Crippen molar-refractivity contribution in [3.8, 4) is 0 Å². The number of hydrogen-bond acceptors (Lipinski definition) is 5. The number of aryl methyl sites for hydroxylation is 1. The molecule has 1 saturated carbocycles. The SMILES string of the molecule is COC(=O)c1nnn(CCC2CC2)c1C1CCCN1. The third kappa shape index (κ3) is 2.63. The van der Waals surface area contributed by atoms with E-state index < -0.39 is 0 Å². The Bertz CT molecular complexity index is 461. The van der Waals surface area contributed by atoms with E-state index in [1.807, 2.05) is 4.68 Å². The van der Waals surface area contributed by atoms with Gasteiger partial charge in [-0.1, -0.05) is 18.1 Å². The number of carbonyl (C=O) groups excluding carboxylic acids is 1. The molecule has 1 aliphatic heterocycles. The Kier molecular flexibility index (Phi) is 3.50. The van der Waals surface area contributed by atoms with Crippen LogP contribution in [0.5, 0.6) is 0 Å². The van der Waals surface area contributed by atoms with Crippen LogP contribution in [0.1, 0.15) is 54.3 Å². The first-order chi connectivity index (χ1) is 9.29. The highest BCUT2D eigenvalue weighted by atomic mass is 16.5. The molecule has 2 aliphatic rings. The average molecular weight is 264 g/mol. The molecular weight excluding hydrogens is 244 g/mol. The molecule has 1 aliphatic carbocycles. The normalized spacial score (nSPS) is 22.7. The third-order valence-corrected chi connectivity index (χ3v) is 3.99. The largest absolute Gasteiger partial charge is 0.464 e. The van der Waals surface area contributed by atoms with Crippen molar-refractivity contribution < 1.29 is 9.53 Å². The number of ether oxygens (including phenoxy) is 1. The van der Waals surface area contributed by atoms with Crippen molar-refractivity contribution in [2.45, 2.75) is 44.7 Å². The van der Waals surface area contributed by atoms with E-state index in [1.54, 1.807) is 0 Å². The molecule has 0 aromatic carbocycles. The summed E-state index contributed by atoms with van der Waals surface area (Å²) in [5.41, 5.74) is 1.28. The van der Waals surface area contributed by atoms with Gasteiger partial charge in [0.2, 0.25) is 0 Å². The summed E-state index contributed by atoms with van der Waals surface area (Å²) in [5.74, 6) is 0.455. The third-order valence-electron chi connectivity index (χ3n) is 3.99. The number of methoxy groups -OCH3 is 1. The van der Waals surface area contributed by atoms with Gasteiger partial charge in [-0.25, -0.2) is 9.48 Å². The Hall–Kier alpha value is -1.43. The molecular formula is C13H20N4O2. The van der Waals surface area contributed by atoms with E-state index in [-0.39, 0.29) is 12.0 Å². The summed E-state index contributed by atoms with van der Waals surface area (Å²) in [4.78, 5) is 11.8. The van der Waals surface area contributed by atoms with E-state index in [4.69, 9.17) is 4.74 Å². The molecule has 0 radical (unpaired) electrons. The predicted octanol–water partition coefficient (Wildman–Crippen LogP) is 1.29. The minimum Gasteiger partial charge on any atom is -0.464 e. The first-order valence-electron chi connectivity index (χ1n) is 7.04. The van der Waals surface area contributed by atoms with Crippen LogP contribution >= 0.6 is 0 Å². The van der Waals surface area contributed by atoms with E-state index >= 15 is 0 Å². The fourth-order valence-corrected chi connectivity index (χ4v) is 2.70. The number of esters is 1. The lowest BCUT2D eigenvalue weighted by Gasteiger charge is -2.13. The lowest BCUT2D eigenvalue weighted by molar-refractivity contribution is 0.0591. The molecule has 19 heavy (non-hydrogen) atoms. The number of nitrogens with zero attached hydrogens (tertiary/aromatic N) is 3. The number of aromatic nitrogens is 3. The van der Waals surface area contributed by atoms with Crippen molar-refractivity contribution in [2.24, 2.45) is 5.92 Å². The second-order valence-corrected chi connectivity index (χ2v) is 5.42. The lowest BCUT2D eigenvalue weighted by Crippen LogP contribution is -2.21. The van der Waals surface area contributed by atoms with E-state index in [9.17, 15) is 4.79 Å². The highest BCUT2D eigenvalue weighted by Gasteiger charge is 2.30. The van der Waals surface area contributed by atoms with Gasteiger partial charge in [-0.15, -0.1) is 5.10 Å². The van der Waals surface area contributed by atoms with Crippen molar-refractivity contribution in [3.63, 3.8) is 0 Å². The molecule has 6 nitrogen and oxygen atoms in total. The van der Waals surface area contributed by atoms with E-state index in [1.165, 1.54) is 20.0 Å². The topological polar surface area (TPSA) is 69.0 Å². The zero-order chi connectivity index (χ0) is 13.2. The van der Waals surface area contributed by atoms with Crippen LogP contribution in [0.25, 0.3) is 0 Å². The summed E-state index contributed by atoms with van der Waals surface area (Å²) in [6.45, 7) is 1.83. The molecule has 3 rings (SSSR count). The van der Waals surface area contributed by atoms with Gasteiger partial charge in [0.05, 0.1) is 18.8 Å². The van der Waals surface area contributed by atoms with Gasteiger partial charge in [0, 0.05) is 6.54 Å². The number of hydrogen-bond donors (Lipinski definition) is 1. The van der Waals surface area contributed by atoms with Crippen molar-refractivity contribution in [2.75, 3.05) is 13.7 Å². The highest BCUT2D eigenvalue weighted by Crippen LogP contribution is 2.33. The Morgan fingerprint density at radius 1 is 1.47 bits per heavy atom. The first-order valence-corrected chi connectivity index (χ1v) is 7.04. The van der Waals surface area contributed by atoms with Gasteiger partial charge in [0.25, 0.3) is 0 Å². The summed E-state index contributed by atoms with van der Waals surface area (Å²) in [5, 5.41) is 11.6. The van der Waals surface area contributed by atoms with Crippen LogP contribution in [0.15, 0.2) is 0 Å². The van der Waals surface area contributed by atoms with Gasteiger partial charge in [-0.2, -0.15) is 0 Å². The number of nitrogens with one attached hydrogen (secondary N) is 1. The molecule has 6 heteroatoms. The lowest BCUT2D eigenvalue weighted by atomic mass is 10.1. The molecule has 1 unspecified atom stereocenters. The van der Waals surface area contributed by atoms with E-state index in [0.29, 0.717) is 5.69 Å². The molecule has 1 saturated heterocycles. The quantitative estimate of drug-likeness (QED) is 0.812. The van der Waals surface area contributed by atoms with Crippen molar-refractivity contribution in [3.05, 3.63) is 11.4 Å². The Morgan fingerprint density at radius 3 is 2.95 bits per heavy atom. The maximum absolute atomic E-state index is 11.8. The number of carbonyl (C=O) groups is 1. The minimum absolute atomic E-state index is 0.184. The molecule has 104 valence electrons. The molecule has 2 fully saturated rings. The zero-order valence-corrected chi connectivity index (χ0v) is 11.3. The van der Waals surface area contributed by atoms with Crippen LogP contribution in [-0.4, -0.2) is 34.6 Å². The van der Waals surface area contributed by atoms with Crippen LogP contribution in [0.3, 0.4) is 0 Å². The Morgan fingerprint density at radius 2 is 2.32 bits per heavy atom. The van der Waals surface area contributed by atoms with E-state index in [2.05, 4.69) is 15.6 Å². The Balaban J connectivity index is 1.84. The van der Waals surface area contributed by atoms with Crippen LogP contribution in [0.2, 0.25) is 0 Å². The van der Waals surface area contributed by atoms with Crippen LogP contribution in [0.4, 0.5) is 0 Å². The van der Waals surface area contributed by atoms with Gasteiger partial charge in [0.1, 0.15) is 0 Å². The van der Waals surface area contributed by atoms with Gasteiger partial charge in [-0.05, 0) is 31.7 Å². The summed E-state index contributed by atoms with van der Waals surface area (Å²) >= 11 is 0. The smallest absolute Gasteiger partial charge is 0.360 e. The van der Waals surface area contributed by atoms with Gasteiger partial charge in [0.15, 0.2) is 5.69 Å². The maximum atomic E-state index is 11.8. The molecule has 1 aromatic rings. The van der Waals surface area contributed by atoms with Gasteiger partial charge in [-0.3, -0.25) is 0 Å². The molecule has 2 heterocycles. The molecule has 1 N–H and O–H groups in total. The zero-order valence-electron chi connectivity index (χ0n) is 11.3. The van der Waals surface area contributed by atoms with Crippen molar-refractivity contribution in [1.82, 2.24) is 20.3 Å². The number of rotatable bonds is 5.